The van der Waals surface area contributed by atoms with Crippen molar-refractivity contribution >= 4 is 5.69 Å². The van der Waals surface area contributed by atoms with Crippen molar-refractivity contribution in [3.63, 3.8) is 0 Å². The SMILES string of the molecule is Cc1cc(C)c(C#Cc2ccccc2N)c(C)c1. The van der Waals surface area contributed by atoms with E-state index in [-0.39, 0.29) is 0 Å². The molecule has 1 heteroatoms. The number of rotatable bonds is 0. The van der Waals surface area contributed by atoms with Gasteiger partial charge in [0.05, 0.1) is 0 Å². The van der Waals surface area contributed by atoms with Crippen molar-refractivity contribution in [3.05, 3.63) is 64.2 Å². The monoisotopic (exact) mass is 235 g/mol. The van der Waals surface area contributed by atoms with E-state index < -0.39 is 0 Å². The number of aryl methyl sites for hydroxylation is 3. The highest BCUT2D eigenvalue weighted by molar-refractivity contribution is 5.59. The Labute approximate surface area is 109 Å². The van der Waals surface area contributed by atoms with E-state index in [1.807, 2.05) is 24.3 Å². The lowest BCUT2D eigenvalue weighted by Crippen LogP contribution is -1.91. The number of nitrogen functional groups attached to an aromatic ring is 1. The van der Waals surface area contributed by atoms with Crippen LogP contribution in [0.4, 0.5) is 5.69 Å². The Bertz CT molecular complexity index is 619. The Morgan fingerprint density at radius 1 is 0.889 bits per heavy atom. The van der Waals surface area contributed by atoms with Crippen LogP contribution in [0.3, 0.4) is 0 Å². The van der Waals surface area contributed by atoms with Gasteiger partial charge in [0.2, 0.25) is 0 Å². The molecule has 0 bridgehead atoms. The van der Waals surface area contributed by atoms with E-state index in [2.05, 4.69) is 44.7 Å². The van der Waals surface area contributed by atoms with Crippen molar-refractivity contribution < 1.29 is 0 Å². The Morgan fingerprint density at radius 3 is 2.11 bits per heavy atom. The highest BCUT2D eigenvalue weighted by Gasteiger charge is 2.00. The van der Waals surface area contributed by atoms with Gasteiger partial charge >= 0.3 is 0 Å². The van der Waals surface area contributed by atoms with Crippen LogP contribution < -0.4 is 5.73 Å². The third-order valence-electron chi connectivity index (χ3n) is 2.96. The van der Waals surface area contributed by atoms with Crippen molar-refractivity contribution in [3.8, 4) is 11.8 Å². The Hall–Kier alpha value is -2.20. The zero-order valence-electron chi connectivity index (χ0n) is 11.0. The van der Waals surface area contributed by atoms with Crippen LogP contribution in [-0.2, 0) is 0 Å². The number of benzene rings is 2. The standard InChI is InChI=1S/C17H17N/c1-12-10-13(2)16(14(3)11-12)9-8-15-6-4-5-7-17(15)18/h4-7,10-11H,18H2,1-3H3. The molecule has 0 heterocycles. The molecule has 0 atom stereocenters. The Kier molecular flexibility index (Phi) is 3.39. The first-order chi connectivity index (χ1) is 8.58. The molecule has 90 valence electrons. The number of nitrogens with two attached hydrogens (primary N) is 1. The van der Waals surface area contributed by atoms with Crippen LogP contribution in [0.1, 0.15) is 27.8 Å². The molecule has 0 radical (unpaired) electrons. The van der Waals surface area contributed by atoms with Crippen LogP contribution in [0.15, 0.2) is 36.4 Å². The van der Waals surface area contributed by atoms with E-state index in [0.717, 1.165) is 16.8 Å². The summed E-state index contributed by atoms with van der Waals surface area (Å²) in [6, 6.07) is 12.0. The number of anilines is 1. The summed E-state index contributed by atoms with van der Waals surface area (Å²) in [5.74, 6) is 6.39. The van der Waals surface area contributed by atoms with Gasteiger partial charge in [-0.3, -0.25) is 0 Å². The fraction of sp³-hybridized carbons (Fsp3) is 0.176. The zero-order valence-corrected chi connectivity index (χ0v) is 11.0. The molecule has 0 saturated carbocycles. The minimum Gasteiger partial charge on any atom is -0.398 e. The third kappa shape index (κ3) is 2.55. The van der Waals surface area contributed by atoms with Crippen LogP contribution in [0.5, 0.6) is 0 Å². The molecular weight excluding hydrogens is 218 g/mol. The zero-order chi connectivity index (χ0) is 13.1. The van der Waals surface area contributed by atoms with E-state index in [0.29, 0.717) is 0 Å². The van der Waals surface area contributed by atoms with E-state index in [1.165, 1.54) is 16.7 Å². The molecule has 0 aliphatic rings. The third-order valence-corrected chi connectivity index (χ3v) is 2.96. The van der Waals surface area contributed by atoms with Crippen molar-refractivity contribution in [2.75, 3.05) is 5.73 Å². The normalized spacial score (nSPS) is 9.72. The van der Waals surface area contributed by atoms with Crippen LogP contribution >= 0.6 is 0 Å². The van der Waals surface area contributed by atoms with Crippen LogP contribution in [-0.4, -0.2) is 0 Å². The summed E-state index contributed by atoms with van der Waals surface area (Å²) in [5.41, 5.74) is 12.3. The molecule has 0 spiro atoms. The van der Waals surface area contributed by atoms with Gasteiger partial charge in [-0.05, 0) is 44.0 Å². The van der Waals surface area contributed by atoms with E-state index in [1.54, 1.807) is 0 Å². The van der Waals surface area contributed by atoms with Gasteiger partial charge < -0.3 is 5.73 Å². The number of hydrogen-bond donors (Lipinski definition) is 1. The second-order valence-corrected chi connectivity index (χ2v) is 4.61. The van der Waals surface area contributed by atoms with Crippen molar-refractivity contribution in [1.82, 2.24) is 0 Å². The maximum absolute atomic E-state index is 5.88. The summed E-state index contributed by atoms with van der Waals surface area (Å²) in [6.45, 7) is 6.29. The average molecular weight is 235 g/mol. The van der Waals surface area contributed by atoms with E-state index in [4.69, 9.17) is 5.73 Å². The summed E-state index contributed by atoms with van der Waals surface area (Å²) in [7, 11) is 0. The van der Waals surface area contributed by atoms with Crippen molar-refractivity contribution in [2.24, 2.45) is 0 Å². The second kappa shape index (κ2) is 4.98. The van der Waals surface area contributed by atoms with Gasteiger partial charge in [-0.15, -0.1) is 0 Å². The van der Waals surface area contributed by atoms with Gasteiger partial charge in [0.15, 0.2) is 0 Å². The largest absolute Gasteiger partial charge is 0.398 e. The smallest absolute Gasteiger partial charge is 0.0478 e. The molecule has 0 saturated heterocycles. The lowest BCUT2D eigenvalue weighted by atomic mass is 10.00. The molecule has 0 aromatic heterocycles. The van der Waals surface area contributed by atoms with E-state index >= 15 is 0 Å². The maximum atomic E-state index is 5.88. The molecule has 0 amide bonds. The fourth-order valence-corrected chi connectivity index (χ4v) is 2.12. The predicted octanol–water partition coefficient (Wildman–Crippen LogP) is 3.59. The summed E-state index contributed by atoms with van der Waals surface area (Å²) in [4.78, 5) is 0. The Balaban J connectivity index is 2.46. The summed E-state index contributed by atoms with van der Waals surface area (Å²) < 4.78 is 0. The van der Waals surface area contributed by atoms with Crippen LogP contribution in [0.2, 0.25) is 0 Å². The fourth-order valence-electron chi connectivity index (χ4n) is 2.12. The highest BCUT2D eigenvalue weighted by atomic mass is 14.5. The van der Waals surface area contributed by atoms with Gasteiger partial charge in [0.1, 0.15) is 0 Å². The molecule has 1 nitrogen and oxygen atoms in total. The van der Waals surface area contributed by atoms with E-state index in [9.17, 15) is 0 Å². The molecule has 18 heavy (non-hydrogen) atoms. The highest BCUT2D eigenvalue weighted by Crippen LogP contribution is 2.16. The topological polar surface area (TPSA) is 26.0 Å². The van der Waals surface area contributed by atoms with Crippen LogP contribution in [0.25, 0.3) is 0 Å². The predicted molar refractivity (Wildman–Crippen MR) is 77.5 cm³/mol. The number of para-hydroxylation sites is 1. The Morgan fingerprint density at radius 2 is 1.50 bits per heavy atom. The first-order valence-corrected chi connectivity index (χ1v) is 6.02. The molecule has 0 fully saturated rings. The molecule has 0 unspecified atom stereocenters. The molecule has 2 rings (SSSR count). The van der Waals surface area contributed by atoms with Crippen molar-refractivity contribution in [1.29, 1.82) is 0 Å². The van der Waals surface area contributed by atoms with Gasteiger partial charge in [-0.1, -0.05) is 41.7 Å². The minimum absolute atomic E-state index is 0.729. The molecule has 0 aliphatic carbocycles. The van der Waals surface area contributed by atoms with Gasteiger partial charge in [0, 0.05) is 16.8 Å². The van der Waals surface area contributed by atoms with Gasteiger partial charge in [-0.25, -0.2) is 0 Å². The quantitative estimate of drug-likeness (QED) is 0.548. The molecule has 2 N–H and O–H groups in total. The van der Waals surface area contributed by atoms with Gasteiger partial charge in [-0.2, -0.15) is 0 Å². The van der Waals surface area contributed by atoms with Crippen molar-refractivity contribution in [2.45, 2.75) is 20.8 Å². The van der Waals surface area contributed by atoms with Gasteiger partial charge in [0.25, 0.3) is 0 Å². The minimum atomic E-state index is 0.729. The summed E-state index contributed by atoms with van der Waals surface area (Å²) in [5, 5.41) is 0. The molecular formula is C17H17N. The number of hydrogen-bond acceptors (Lipinski definition) is 1. The lowest BCUT2D eigenvalue weighted by molar-refractivity contribution is 1.30. The molecule has 2 aromatic carbocycles. The maximum Gasteiger partial charge on any atom is 0.0478 e. The first-order valence-electron chi connectivity index (χ1n) is 6.02. The first kappa shape index (κ1) is 12.3. The average Bonchev–Trinajstić information content (AvgIpc) is 2.30. The summed E-state index contributed by atoms with van der Waals surface area (Å²) >= 11 is 0. The molecule has 0 aliphatic heterocycles. The molecule has 2 aromatic rings. The van der Waals surface area contributed by atoms with Crippen LogP contribution in [0, 0.1) is 32.6 Å². The lowest BCUT2D eigenvalue weighted by Gasteiger charge is -2.05. The summed E-state index contributed by atoms with van der Waals surface area (Å²) in [6.07, 6.45) is 0. The second-order valence-electron chi connectivity index (χ2n) is 4.61.